The van der Waals surface area contributed by atoms with Gasteiger partial charge < -0.3 is 5.32 Å². The molecule has 0 radical (unpaired) electrons. The first kappa shape index (κ1) is 12.5. The van der Waals surface area contributed by atoms with Gasteiger partial charge in [-0.3, -0.25) is 0 Å². The van der Waals surface area contributed by atoms with Crippen LogP contribution in [0.25, 0.3) is 11.3 Å². The average Bonchev–Trinajstić information content (AvgIpc) is 2.86. The van der Waals surface area contributed by atoms with Crippen LogP contribution in [-0.4, -0.2) is 21.5 Å². The van der Waals surface area contributed by atoms with E-state index in [1.54, 1.807) is 0 Å². The number of hydrogen-bond donors (Lipinski definition) is 2. The van der Waals surface area contributed by atoms with Crippen LogP contribution in [0.15, 0.2) is 43.0 Å². The largest absolute Gasteiger partial charge is 0.308 e. The molecule has 1 aromatic carbocycles. The molecule has 1 atom stereocenters. The second-order valence-electron chi connectivity index (χ2n) is 4.29. The molecule has 1 unspecified atom stereocenters. The molecule has 94 valence electrons. The van der Waals surface area contributed by atoms with Crippen molar-refractivity contribution in [2.24, 2.45) is 0 Å². The van der Waals surface area contributed by atoms with Gasteiger partial charge in [-0.15, -0.1) is 6.58 Å². The van der Waals surface area contributed by atoms with Crippen LogP contribution in [0.4, 0.5) is 0 Å². The number of hydrogen-bond acceptors (Lipinski definition) is 3. The van der Waals surface area contributed by atoms with Crippen LogP contribution in [0.5, 0.6) is 0 Å². The Balaban J connectivity index is 2.07. The van der Waals surface area contributed by atoms with Gasteiger partial charge in [0.15, 0.2) is 0 Å². The predicted octanol–water partition coefficient (Wildman–Crippen LogP) is 2.53. The van der Waals surface area contributed by atoms with Crippen LogP contribution in [0.3, 0.4) is 0 Å². The molecule has 18 heavy (non-hydrogen) atoms. The van der Waals surface area contributed by atoms with Crippen molar-refractivity contribution >= 4 is 0 Å². The van der Waals surface area contributed by atoms with Crippen LogP contribution >= 0.6 is 0 Å². The molecule has 4 nitrogen and oxygen atoms in total. The van der Waals surface area contributed by atoms with E-state index in [-0.39, 0.29) is 0 Å². The van der Waals surface area contributed by atoms with E-state index in [1.807, 2.05) is 36.4 Å². The molecule has 1 aromatic heterocycles. The van der Waals surface area contributed by atoms with Crippen molar-refractivity contribution in [3.8, 4) is 11.3 Å². The standard InChI is InChI=1S/C14H18N4/c1-3-7-11(2)15-10-13-14(17-18-16-13)12-8-5-4-6-9-12/h3-6,8-9,11,15H,1,7,10H2,2H3,(H,16,17,18). The summed E-state index contributed by atoms with van der Waals surface area (Å²) in [6, 6.07) is 10.5. The highest BCUT2D eigenvalue weighted by Gasteiger charge is 2.10. The molecular weight excluding hydrogens is 224 g/mol. The first-order valence-electron chi connectivity index (χ1n) is 6.10. The third-order valence-electron chi connectivity index (χ3n) is 2.81. The Morgan fingerprint density at radius 2 is 2.11 bits per heavy atom. The molecule has 0 bridgehead atoms. The van der Waals surface area contributed by atoms with Crippen LogP contribution in [0.2, 0.25) is 0 Å². The fourth-order valence-corrected chi connectivity index (χ4v) is 1.81. The monoisotopic (exact) mass is 242 g/mol. The van der Waals surface area contributed by atoms with Crippen LogP contribution in [0, 0.1) is 0 Å². The van der Waals surface area contributed by atoms with Crippen molar-refractivity contribution in [1.29, 1.82) is 0 Å². The average molecular weight is 242 g/mol. The van der Waals surface area contributed by atoms with Crippen molar-refractivity contribution in [2.75, 3.05) is 0 Å². The minimum absolute atomic E-state index is 0.392. The van der Waals surface area contributed by atoms with E-state index in [4.69, 9.17) is 0 Å². The van der Waals surface area contributed by atoms with Gasteiger partial charge in [0.2, 0.25) is 0 Å². The van der Waals surface area contributed by atoms with Gasteiger partial charge in [0.25, 0.3) is 0 Å². The number of nitrogens with one attached hydrogen (secondary N) is 2. The first-order valence-corrected chi connectivity index (χ1v) is 6.10. The molecule has 0 aliphatic carbocycles. The molecular formula is C14H18N4. The fraction of sp³-hybridized carbons (Fsp3) is 0.286. The third-order valence-corrected chi connectivity index (χ3v) is 2.81. The van der Waals surface area contributed by atoms with E-state index in [9.17, 15) is 0 Å². The van der Waals surface area contributed by atoms with E-state index in [2.05, 4.69) is 34.2 Å². The van der Waals surface area contributed by atoms with Gasteiger partial charge in [-0.2, -0.15) is 15.4 Å². The van der Waals surface area contributed by atoms with Crippen LogP contribution in [-0.2, 0) is 6.54 Å². The molecule has 2 N–H and O–H groups in total. The molecule has 0 amide bonds. The summed E-state index contributed by atoms with van der Waals surface area (Å²) in [5.41, 5.74) is 2.94. The summed E-state index contributed by atoms with van der Waals surface area (Å²) in [6.07, 6.45) is 2.86. The Hall–Kier alpha value is -1.94. The summed E-state index contributed by atoms with van der Waals surface area (Å²) in [5.74, 6) is 0. The van der Waals surface area contributed by atoms with Gasteiger partial charge in [0, 0.05) is 18.2 Å². The highest BCUT2D eigenvalue weighted by molar-refractivity contribution is 5.60. The maximum absolute atomic E-state index is 4.21. The minimum atomic E-state index is 0.392. The lowest BCUT2D eigenvalue weighted by Gasteiger charge is -2.10. The molecule has 0 saturated carbocycles. The predicted molar refractivity (Wildman–Crippen MR) is 72.9 cm³/mol. The molecule has 2 rings (SSSR count). The molecule has 4 heteroatoms. The zero-order valence-corrected chi connectivity index (χ0v) is 10.6. The highest BCUT2D eigenvalue weighted by atomic mass is 15.3. The Kier molecular flexibility index (Phi) is 4.25. The topological polar surface area (TPSA) is 53.6 Å². The van der Waals surface area contributed by atoms with Gasteiger partial charge >= 0.3 is 0 Å². The smallest absolute Gasteiger partial charge is 0.117 e. The maximum Gasteiger partial charge on any atom is 0.117 e. The zero-order chi connectivity index (χ0) is 12.8. The summed E-state index contributed by atoms with van der Waals surface area (Å²) < 4.78 is 0. The molecule has 0 aliphatic heterocycles. The van der Waals surface area contributed by atoms with Crippen molar-refractivity contribution in [2.45, 2.75) is 25.9 Å². The van der Waals surface area contributed by atoms with E-state index >= 15 is 0 Å². The Labute approximate surface area is 107 Å². The lowest BCUT2D eigenvalue weighted by atomic mass is 10.1. The zero-order valence-electron chi connectivity index (χ0n) is 10.6. The minimum Gasteiger partial charge on any atom is -0.308 e. The number of benzene rings is 1. The second kappa shape index (κ2) is 6.12. The number of H-pyrrole nitrogens is 1. The van der Waals surface area contributed by atoms with Crippen molar-refractivity contribution in [1.82, 2.24) is 20.7 Å². The van der Waals surface area contributed by atoms with Crippen molar-refractivity contribution < 1.29 is 0 Å². The van der Waals surface area contributed by atoms with Crippen LogP contribution < -0.4 is 5.32 Å². The molecule has 0 saturated heterocycles. The van der Waals surface area contributed by atoms with Gasteiger partial charge in [-0.25, -0.2) is 0 Å². The lowest BCUT2D eigenvalue weighted by molar-refractivity contribution is 0.548. The fourth-order valence-electron chi connectivity index (χ4n) is 1.81. The third kappa shape index (κ3) is 3.05. The molecule has 0 fully saturated rings. The van der Waals surface area contributed by atoms with Crippen LogP contribution in [0.1, 0.15) is 19.0 Å². The van der Waals surface area contributed by atoms with Gasteiger partial charge in [0.1, 0.15) is 11.4 Å². The Bertz CT molecular complexity index is 490. The number of aromatic nitrogens is 3. The SMILES string of the molecule is C=CCC(C)NCc1n[nH]nc1-c1ccccc1. The Morgan fingerprint density at radius 1 is 1.33 bits per heavy atom. The van der Waals surface area contributed by atoms with Crippen molar-refractivity contribution in [3.05, 3.63) is 48.7 Å². The first-order chi connectivity index (χ1) is 8.81. The quantitative estimate of drug-likeness (QED) is 0.765. The second-order valence-corrected chi connectivity index (χ2v) is 4.29. The van der Waals surface area contributed by atoms with Gasteiger partial charge in [-0.05, 0) is 13.3 Å². The van der Waals surface area contributed by atoms with Crippen molar-refractivity contribution in [3.63, 3.8) is 0 Å². The molecule has 0 aliphatic rings. The number of nitrogens with zero attached hydrogens (tertiary/aromatic N) is 2. The summed E-state index contributed by atoms with van der Waals surface area (Å²) in [4.78, 5) is 0. The number of rotatable bonds is 6. The maximum atomic E-state index is 4.21. The van der Waals surface area contributed by atoms with Gasteiger partial charge in [-0.1, -0.05) is 36.4 Å². The lowest BCUT2D eigenvalue weighted by Crippen LogP contribution is -2.25. The van der Waals surface area contributed by atoms with E-state index in [0.29, 0.717) is 12.6 Å². The Morgan fingerprint density at radius 3 is 2.83 bits per heavy atom. The normalized spacial score (nSPS) is 12.3. The summed E-state index contributed by atoms with van der Waals surface area (Å²) in [6.45, 7) is 6.57. The molecule has 0 spiro atoms. The molecule has 1 heterocycles. The summed E-state index contributed by atoms with van der Waals surface area (Å²) >= 11 is 0. The van der Waals surface area contributed by atoms with E-state index in [1.165, 1.54) is 0 Å². The summed E-state index contributed by atoms with van der Waals surface area (Å²) in [5, 5.41) is 14.5. The van der Waals surface area contributed by atoms with E-state index in [0.717, 1.165) is 23.4 Å². The highest BCUT2D eigenvalue weighted by Crippen LogP contribution is 2.18. The number of aromatic amines is 1. The van der Waals surface area contributed by atoms with E-state index < -0.39 is 0 Å². The summed E-state index contributed by atoms with van der Waals surface area (Å²) in [7, 11) is 0. The molecule has 2 aromatic rings. The van der Waals surface area contributed by atoms with Gasteiger partial charge in [0.05, 0.1) is 0 Å².